The van der Waals surface area contributed by atoms with Gasteiger partial charge in [-0.25, -0.2) is 4.98 Å². The van der Waals surface area contributed by atoms with Crippen LogP contribution in [0.15, 0.2) is 0 Å². The van der Waals surface area contributed by atoms with E-state index in [9.17, 15) is 0 Å². The highest BCUT2D eigenvalue weighted by Gasteiger charge is 2.15. The molecule has 1 fully saturated rings. The summed E-state index contributed by atoms with van der Waals surface area (Å²) in [6.07, 6.45) is 2.71. The summed E-state index contributed by atoms with van der Waals surface area (Å²) in [6.45, 7) is 8.78. The van der Waals surface area contributed by atoms with Crippen molar-refractivity contribution in [1.29, 1.82) is 0 Å². The van der Waals surface area contributed by atoms with Crippen LogP contribution in [-0.2, 0) is 0 Å². The van der Waals surface area contributed by atoms with Crippen molar-refractivity contribution < 1.29 is 0 Å². The lowest BCUT2D eigenvalue weighted by Crippen LogP contribution is -2.29. The average molecular weight is 237 g/mol. The predicted molar refractivity (Wildman–Crippen MR) is 71.1 cm³/mol. The topological polar surface area (TPSA) is 70.0 Å². The largest absolute Gasteiger partial charge is 0.382 e. The van der Waals surface area contributed by atoms with Gasteiger partial charge in [0.2, 0.25) is 0 Å². The van der Waals surface area contributed by atoms with E-state index in [2.05, 4.69) is 27.1 Å². The molecule has 0 aliphatic carbocycles. The molecule has 4 N–H and O–H groups in total. The summed E-state index contributed by atoms with van der Waals surface area (Å²) < 4.78 is 0. The van der Waals surface area contributed by atoms with Crippen molar-refractivity contribution in [2.75, 3.05) is 37.2 Å². The van der Waals surface area contributed by atoms with Crippen LogP contribution in [0.25, 0.3) is 0 Å². The second-order valence-electron chi connectivity index (χ2n) is 5.08. The van der Waals surface area contributed by atoms with E-state index in [4.69, 9.17) is 5.73 Å². The molecule has 1 unspecified atom stereocenters. The van der Waals surface area contributed by atoms with Crippen LogP contribution in [0.5, 0.6) is 0 Å². The van der Waals surface area contributed by atoms with Gasteiger partial charge in [0.05, 0.1) is 0 Å². The van der Waals surface area contributed by atoms with Crippen LogP contribution < -0.4 is 11.1 Å². The predicted octanol–water partition coefficient (Wildman–Crippen LogP) is 1.44. The highest BCUT2D eigenvalue weighted by molar-refractivity contribution is 5.56. The Balaban J connectivity index is 1.75. The highest BCUT2D eigenvalue weighted by atomic mass is 15.1. The van der Waals surface area contributed by atoms with Crippen LogP contribution in [0.1, 0.15) is 25.6 Å². The van der Waals surface area contributed by atoms with Gasteiger partial charge in [0.25, 0.3) is 0 Å². The summed E-state index contributed by atoms with van der Waals surface area (Å²) in [7, 11) is 0. The standard InChI is InChI=1S/C12H23N5/c1-9(8-17-5-3-4-6-17)7-14-12-11(13)15-10(2)16-12/h9,14H,3-8,13H2,1-2H3,(H,15,16). The first-order valence-corrected chi connectivity index (χ1v) is 6.43. The zero-order valence-electron chi connectivity index (χ0n) is 10.8. The lowest BCUT2D eigenvalue weighted by molar-refractivity contribution is 0.294. The fraction of sp³-hybridized carbons (Fsp3) is 0.750. The van der Waals surface area contributed by atoms with E-state index in [1.54, 1.807) is 0 Å². The number of hydrogen-bond acceptors (Lipinski definition) is 4. The first kappa shape index (κ1) is 12.2. The molecular formula is C12H23N5. The molecule has 1 aromatic rings. The maximum Gasteiger partial charge on any atom is 0.168 e. The zero-order chi connectivity index (χ0) is 12.3. The number of nitrogens with one attached hydrogen (secondary N) is 2. The van der Waals surface area contributed by atoms with E-state index in [1.165, 1.54) is 25.9 Å². The SMILES string of the molecule is Cc1nc(NCC(C)CN2CCCC2)c(N)[nH]1. The lowest BCUT2D eigenvalue weighted by atomic mass is 10.1. The molecule has 0 aromatic carbocycles. The third kappa shape index (κ3) is 3.36. The first-order valence-electron chi connectivity index (χ1n) is 6.43. The molecule has 0 radical (unpaired) electrons. The Bertz CT molecular complexity index is 354. The second-order valence-corrected chi connectivity index (χ2v) is 5.08. The third-order valence-electron chi connectivity index (χ3n) is 3.24. The Morgan fingerprint density at radius 3 is 2.76 bits per heavy atom. The van der Waals surface area contributed by atoms with E-state index in [0.717, 1.165) is 24.7 Å². The Morgan fingerprint density at radius 1 is 1.47 bits per heavy atom. The van der Waals surface area contributed by atoms with Crippen LogP contribution >= 0.6 is 0 Å². The Labute approximate surface area is 103 Å². The van der Waals surface area contributed by atoms with E-state index in [0.29, 0.717) is 11.7 Å². The number of H-pyrrole nitrogens is 1. The average Bonchev–Trinajstić information content (AvgIpc) is 2.86. The molecule has 1 saturated heterocycles. The van der Waals surface area contributed by atoms with Gasteiger partial charge in [-0.1, -0.05) is 6.92 Å². The number of aryl methyl sites for hydroxylation is 1. The number of anilines is 2. The number of nitrogens with two attached hydrogens (primary N) is 1. The Hall–Kier alpha value is -1.23. The van der Waals surface area contributed by atoms with Crippen molar-refractivity contribution >= 4 is 11.6 Å². The van der Waals surface area contributed by atoms with Crippen molar-refractivity contribution in [1.82, 2.24) is 14.9 Å². The molecule has 0 spiro atoms. The van der Waals surface area contributed by atoms with Crippen molar-refractivity contribution in [3.8, 4) is 0 Å². The molecule has 1 aliphatic heterocycles. The van der Waals surface area contributed by atoms with E-state index in [1.807, 2.05) is 6.92 Å². The molecule has 1 aliphatic rings. The number of rotatable bonds is 5. The monoisotopic (exact) mass is 237 g/mol. The van der Waals surface area contributed by atoms with Crippen LogP contribution in [-0.4, -0.2) is 41.0 Å². The summed E-state index contributed by atoms with van der Waals surface area (Å²) in [5.41, 5.74) is 5.80. The molecule has 96 valence electrons. The fourth-order valence-corrected chi connectivity index (χ4v) is 2.39. The van der Waals surface area contributed by atoms with E-state index < -0.39 is 0 Å². The number of aromatic nitrogens is 2. The molecule has 5 nitrogen and oxygen atoms in total. The summed E-state index contributed by atoms with van der Waals surface area (Å²) >= 11 is 0. The van der Waals surface area contributed by atoms with Gasteiger partial charge in [-0.2, -0.15) is 0 Å². The summed E-state index contributed by atoms with van der Waals surface area (Å²) in [4.78, 5) is 9.84. The van der Waals surface area contributed by atoms with Crippen LogP contribution in [0.3, 0.4) is 0 Å². The minimum Gasteiger partial charge on any atom is -0.382 e. The molecule has 2 rings (SSSR count). The van der Waals surface area contributed by atoms with Gasteiger partial charge < -0.3 is 20.9 Å². The Kier molecular flexibility index (Phi) is 3.89. The molecule has 0 amide bonds. The molecule has 0 saturated carbocycles. The van der Waals surface area contributed by atoms with Gasteiger partial charge in [-0.15, -0.1) is 0 Å². The molecule has 17 heavy (non-hydrogen) atoms. The first-order chi connectivity index (χ1) is 8.15. The van der Waals surface area contributed by atoms with Crippen LogP contribution in [0.2, 0.25) is 0 Å². The maximum atomic E-state index is 5.80. The van der Waals surface area contributed by atoms with Gasteiger partial charge in [0.1, 0.15) is 11.6 Å². The van der Waals surface area contributed by atoms with E-state index >= 15 is 0 Å². The van der Waals surface area contributed by atoms with E-state index in [-0.39, 0.29) is 0 Å². The van der Waals surface area contributed by atoms with Crippen molar-refractivity contribution in [3.63, 3.8) is 0 Å². The van der Waals surface area contributed by atoms with Crippen molar-refractivity contribution in [2.24, 2.45) is 5.92 Å². The molecule has 2 heterocycles. The zero-order valence-corrected chi connectivity index (χ0v) is 10.8. The number of likely N-dealkylation sites (tertiary alicyclic amines) is 1. The quantitative estimate of drug-likeness (QED) is 0.725. The van der Waals surface area contributed by atoms with Gasteiger partial charge in [-0.05, 0) is 38.8 Å². The number of nitrogens with zero attached hydrogens (tertiary/aromatic N) is 2. The molecule has 5 heteroatoms. The van der Waals surface area contributed by atoms with Gasteiger partial charge in [0, 0.05) is 13.1 Å². The van der Waals surface area contributed by atoms with Crippen molar-refractivity contribution in [2.45, 2.75) is 26.7 Å². The maximum absolute atomic E-state index is 5.80. The lowest BCUT2D eigenvalue weighted by Gasteiger charge is -2.20. The summed E-state index contributed by atoms with van der Waals surface area (Å²) in [5, 5.41) is 3.31. The second kappa shape index (κ2) is 5.40. The smallest absolute Gasteiger partial charge is 0.168 e. The molecule has 1 atom stereocenters. The van der Waals surface area contributed by atoms with Gasteiger partial charge >= 0.3 is 0 Å². The minimum atomic E-state index is 0.615. The highest BCUT2D eigenvalue weighted by Crippen LogP contribution is 2.15. The van der Waals surface area contributed by atoms with Crippen molar-refractivity contribution in [3.05, 3.63) is 5.82 Å². The number of aromatic amines is 1. The Morgan fingerprint density at radius 2 is 2.18 bits per heavy atom. The normalized spacial score (nSPS) is 18.5. The van der Waals surface area contributed by atoms with Crippen LogP contribution in [0.4, 0.5) is 11.6 Å². The number of hydrogen-bond donors (Lipinski definition) is 3. The van der Waals surface area contributed by atoms with Crippen LogP contribution in [0, 0.1) is 12.8 Å². The third-order valence-corrected chi connectivity index (χ3v) is 3.24. The summed E-state index contributed by atoms with van der Waals surface area (Å²) in [5.74, 6) is 2.90. The molecule has 1 aromatic heterocycles. The van der Waals surface area contributed by atoms with Gasteiger partial charge in [-0.3, -0.25) is 0 Å². The number of nitrogen functional groups attached to an aromatic ring is 1. The summed E-state index contributed by atoms with van der Waals surface area (Å²) in [6, 6.07) is 0. The molecule has 0 bridgehead atoms. The minimum absolute atomic E-state index is 0.615. The number of imidazole rings is 1. The fourth-order valence-electron chi connectivity index (χ4n) is 2.39. The molecular weight excluding hydrogens is 214 g/mol. The van der Waals surface area contributed by atoms with Gasteiger partial charge in [0.15, 0.2) is 5.82 Å².